The van der Waals surface area contributed by atoms with Gasteiger partial charge in [0.25, 0.3) is 0 Å². The molecule has 0 saturated heterocycles. The molecule has 0 radical (unpaired) electrons. The van der Waals surface area contributed by atoms with Gasteiger partial charge in [-0.3, -0.25) is 14.0 Å². The predicted octanol–water partition coefficient (Wildman–Crippen LogP) is 1.51. The summed E-state index contributed by atoms with van der Waals surface area (Å²) < 4.78 is 43.1. The summed E-state index contributed by atoms with van der Waals surface area (Å²) >= 11 is 1.39. The van der Waals surface area contributed by atoms with Crippen LogP contribution in [0.5, 0.6) is 0 Å². The monoisotopic (exact) mass is 321 g/mol. The third kappa shape index (κ3) is 3.72. The first-order valence-corrected chi connectivity index (χ1v) is 6.59. The van der Waals surface area contributed by atoms with Crippen LogP contribution in [0.15, 0.2) is 17.8 Å². The van der Waals surface area contributed by atoms with Gasteiger partial charge in [0.05, 0.1) is 12.6 Å². The molecule has 0 aliphatic carbocycles. The van der Waals surface area contributed by atoms with Gasteiger partial charge in [0.15, 0.2) is 6.23 Å². The van der Waals surface area contributed by atoms with Crippen molar-refractivity contribution >= 4 is 28.0 Å². The molecule has 0 aliphatic heterocycles. The number of hydrogen-bond donors (Lipinski definition) is 1. The number of amides is 1. The van der Waals surface area contributed by atoms with Gasteiger partial charge in [0.1, 0.15) is 10.7 Å². The van der Waals surface area contributed by atoms with E-state index >= 15 is 0 Å². The average Bonchev–Trinajstić information content (AvgIpc) is 2.91. The first kappa shape index (κ1) is 15.3. The van der Waals surface area contributed by atoms with Crippen molar-refractivity contribution in [3.63, 3.8) is 0 Å². The molecule has 114 valence electrons. The molecule has 2 rings (SSSR count). The molecule has 10 heteroatoms. The Morgan fingerprint density at radius 3 is 2.86 bits per heavy atom. The predicted molar refractivity (Wildman–Crippen MR) is 66.5 cm³/mol. The number of alkyl halides is 3. The SMILES string of the molecule is CC(=O)O[C@H](Cc1ncc2sccn12)NC(=O)C(F)(F)F. The van der Waals surface area contributed by atoms with E-state index in [4.69, 9.17) is 4.74 Å². The van der Waals surface area contributed by atoms with E-state index in [0.717, 1.165) is 11.8 Å². The number of fused-ring (bicyclic) bond motifs is 1. The van der Waals surface area contributed by atoms with Crippen LogP contribution in [0.1, 0.15) is 12.7 Å². The smallest absolute Gasteiger partial charge is 0.441 e. The fourth-order valence-corrected chi connectivity index (χ4v) is 2.37. The summed E-state index contributed by atoms with van der Waals surface area (Å²) in [6.07, 6.45) is -3.45. The number of hydrogen-bond acceptors (Lipinski definition) is 5. The van der Waals surface area contributed by atoms with Crippen LogP contribution in [0.3, 0.4) is 0 Å². The number of nitrogens with zero attached hydrogens (tertiary/aromatic N) is 2. The number of rotatable bonds is 4. The van der Waals surface area contributed by atoms with E-state index in [9.17, 15) is 22.8 Å². The molecule has 0 spiro atoms. The van der Waals surface area contributed by atoms with Gasteiger partial charge in [-0.2, -0.15) is 13.2 Å². The summed E-state index contributed by atoms with van der Waals surface area (Å²) in [6.45, 7) is 1.04. The van der Waals surface area contributed by atoms with Crippen molar-refractivity contribution in [3.8, 4) is 0 Å². The third-order valence-corrected chi connectivity index (χ3v) is 3.27. The van der Waals surface area contributed by atoms with Crippen molar-refractivity contribution < 1.29 is 27.5 Å². The van der Waals surface area contributed by atoms with Gasteiger partial charge in [-0.05, 0) is 0 Å². The Morgan fingerprint density at radius 1 is 1.52 bits per heavy atom. The van der Waals surface area contributed by atoms with Gasteiger partial charge < -0.3 is 10.1 Å². The first-order valence-electron chi connectivity index (χ1n) is 5.71. The van der Waals surface area contributed by atoms with Crippen LogP contribution in [0.25, 0.3) is 4.83 Å². The summed E-state index contributed by atoms with van der Waals surface area (Å²) in [7, 11) is 0. The summed E-state index contributed by atoms with van der Waals surface area (Å²) in [4.78, 5) is 26.7. The number of carbonyl (C=O) groups is 2. The van der Waals surface area contributed by atoms with Crippen LogP contribution in [0.4, 0.5) is 13.2 Å². The highest BCUT2D eigenvalue weighted by molar-refractivity contribution is 7.15. The molecule has 0 unspecified atom stereocenters. The number of aromatic nitrogens is 2. The van der Waals surface area contributed by atoms with Crippen LogP contribution in [-0.4, -0.2) is 33.7 Å². The van der Waals surface area contributed by atoms with Gasteiger partial charge in [0.2, 0.25) is 0 Å². The van der Waals surface area contributed by atoms with Crippen molar-refractivity contribution in [1.82, 2.24) is 14.7 Å². The molecule has 2 aromatic heterocycles. The number of halogens is 3. The molecule has 1 N–H and O–H groups in total. The number of carbonyl (C=O) groups excluding carboxylic acids is 2. The second kappa shape index (κ2) is 5.72. The normalized spacial score (nSPS) is 13.1. The molecular weight excluding hydrogens is 311 g/mol. The molecule has 21 heavy (non-hydrogen) atoms. The van der Waals surface area contributed by atoms with E-state index in [1.807, 2.05) is 0 Å². The van der Waals surface area contributed by atoms with Crippen molar-refractivity contribution in [3.05, 3.63) is 23.6 Å². The molecule has 0 saturated carbocycles. The summed E-state index contributed by atoms with van der Waals surface area (Å²) in [5.74, 6) is -2.60. The average molecular weight is 321 g/mol. The quantitative estimate of drug-likeness (QED) is 0.684. The van der Waals surface area contributed by atoms with E-state index in [-0.39, 0.29) is 6.42 Å². The van der Waals surface area contributed by atoms with Crippen LogP contribution >= 0.6 is 11.3 Å². The Labute approximate surface area is 120 Å². The molecule has 1 atom stereocenters. The molecule has 6 nitrogen and oxygen atoms in total. The van der Waals surface area contributed by atoms with E-state index in [1.165, 1.54) is 17.5 Å². The van der Waals surface area contributed by atoms with Crippen molar-refractivity contribution in [2.45, 2.75) is 25.7 Å². The Bertz CT molecular complexity index is 664. The number of nitrogens with one attached hydrogen (secondary N) is 1. The second-order valence-electron chi connectivity index (χ2n) is 4.06. The summed E-state index contributed by atoms with van der Waals surface area (Å²) in [6, 6.07) is 0. The Balaban J connectivity index is 2.15. The van der Waals surface area contributed by atoms with Crippen molar-refractivity contribution in [2.75, 3.05) is 0 Å². The molecule has 0 bridgehead atoms. The molecule has 0 aliphatic rings. The van der Waals surface area contributed by atoms with Crippen LogP contribution < -0.4 is 5.32 Å². The minimum atomic E-state index is -5.05. The van der Waals surface area contributed by atoms with E-state index in [1.54, 1.807) is 21.3 Å². The zero-order valence-electron chi connectivity index (χ0n) is 10.7. The van der Waals surface area contributed by atoms with Gasteiger partial charge in [-0.25, -0.2) is 4.98 Å². The van der Waals surface area contributed by atoms with Crippen molar-refractivity contribution in [1.29, 1.82) is 0 Å². The highest BCUT2D eigenvalue weighted by Crippen LogP contribution is 2.17. The van der Waals surface area contributed by atoms with Gasteiger partial charge in [0, 0.05) is 18.5 Å². The van der Waals surface area contributed by atoms with E-state index < -0.39 is 24.3 Å². The van der Waals surface area contributed by atoms with Crippen LogP contribution in [0, 0.1) is 0 Å². The molecule has 0 aromatic carbocycles. The van der Waals surface area contributed by atoms with E-state index in [0.29, 0.717) is 5.82 Å². The first-order chi connectivity index (χ1) is 9.77. The number of thiazole rings is 1. The zero-order chi connectivity index (χ0) is 15.6. The minimum Gasteiger partial charge on any atom is -0.441 e. The van der Waals surface area contributed by atoms with Gasteiger partial charge in [-0.15, -0.1) is 11.3 Å². The zero-order valence-corrected chi connectivity index (χ0v) is 11.5. The standard InChI is InChI=1S/C11H10F3N3O3S/c1-6(18)20-8(16-10(19)11(12,13)14)4-7-15-5-9-17(7)2-3-21-9/h2-3,5,8H,4H2,1H3,(H,16,19)/t8-/m1/s1. The maximum atomic E-state index is 12.3. The third-order valence-electron chi connectivity index (χ3n) is 2.46. The highest BCUT2D eigenvalue weighted by atomic mass is 32.1. The molecule has 0 fully saturated rings. The lowest BCUT2D eigenvalue weighted by Gasteiger charge is -2.18. The lowest BCUT2D eigenvalue weighted by atomic mass is 10.3. The Kier molecular flexibility index (Phi) is 4.16. The minimum absolute atomic E-state index is 0.174. The molecule has 1 amide bonds. The number of ether oxygens (including phenoxy) is 1. The fourth-order valence-electron chi connectivity index (χ4n) is 1.66. The summed E-state index contributed by atoms with van der Waals surface area (Å²) in [5, 5.41) is 3.40. The molecular formula is C11H10F3N3O3S. The molecule has 2 heterocycles. The Hall–Kier alpha value is -2.10. The van der Waals surface area contributed by atoms with Crippen LogP contribution in [-0.2, 0) is 20.7 Å². The highest BCUT2D eigenvalue weighted by Gasteiger charge is 2.40. The maximum Gasteiger partial charge on any atom is 0.471 e. The van der Waals surface area contributed by atoms with E-state index in [2.05, 4.69) is 4.98 Å². The second-order valence-corrected chi connectivity index (χ2v) is 4.99. The number of imidazole rings is 1. The molecule has 2 aromatic rings. The lowest BCUT2D eigenvalue weighted by molar-refractivity contribution is -0.179. The van der Waals surface area contributed by atoms with Crippen molar-refractivity contribution in [2.24, 2.45) is 0 Å². The largest absolute Gasteiger partial charge is 0.471 e. The van der Waals surface area contributed by atoms with Gasteiger partial charge >= 0.3 is 18.1 Å². The number of esters is 1. The topological polar surface area (TPSA) is 72.7 Å². The lowest BCUT2D eigenvalue weighted by Crippen LogP contribution is -2.46. The Morgan fingerprint density at radius 2 is 2.24 bits per heavy atom. The van der Waals surface area contributed by atoms with Crippen LogP contribution in [0.2, 0.25) is 0 Å². The van der Waals surface area contributed by atoms with Gasteiger partial charge in [-0.1, -0.05) is 0 Å². The fraction of sp³-hybridized carbons (Fsp3) is 0.364. The summed E-state index contributed by atoms with van der Waals surface area (Å²) in [5.41, 5.74) is 0. The maximum absolute atomic E-state index is 12.3.